The number of rotatable bonds is 2. The lowest BCUT2D eigenvalue weighted by atomic mass is 9.83. The molecule has 94 valence electrons. The molecule has 1 fully saturated rings. The molecule has 2 heteroatoms. The van der Waals surface area contributed by atoms with Gasteiger partial charge in [-0.15, -0.1) is 0 Å². The highest BCUT2D eigenvalue weighted by Crippen LogP contribution is 2.48. The van der Waals surface area contributed by atoms with Crippen molar-refractivity contribution in [3.63, 3.8) is 0 Å². The average molecular weight is 241 g/mol. The summed E-state index contributed by atoms with van der Waals surface area (Å²) in [5, 5.41) is 9.68. The fraction of sp³-hybridized carbons (Fsp3) is 0.562. The number of hydrogen-bond acceptors (Lipinski definition) is 2. The molecule has 1 aromatic rings. The lowest BCUT2D eigenvalue weighted by Crippen LogP contribution is -2.41. The Morgan fingerprint density at radius 3 is 2.22 bits per heavy atom. The van der Waals surface area contributed by atoms with Crippen molar-refractivity contribution in [2.24, 2.45) is 11.8 Å². The van der Waals surface area contributed by atoms with Gasteiger partial charge in [0.1, 0.15) is 0 Å². The van der Waals surface area contributed by atoms with Crippen LogP contribution >= 0.6 is 0 Å². The lowest BCUT2D eigenvalue weighted by Gasteiger charge is -2.31. The van der Waals surface area contributed by atoms with Crippen molar-refractivity contribution >= 4 is 0 Å². The topological polar surface area (TPSA) is 33.0 Å². The van der Waals surface area contributed by atoms with Gasteiger partial charge in [0.2, 0.25) is 0 Å². The Morgan fingerprint density at radius 1 is 1.22 bits per heavy atom. The maximum atomic E-state index is 9.68. The lowest BCUT2D eigenvalue weighted by molar-refractivity contribution is -0.0504. The Morgan fingerprint density at radius 2 is 1.78 bits per heavy atom. The van der Waals surface area contributed by atoms with Crippen molar-refractivity contribution in [3.8, 4) is 6.07 Å². The summed E-state index contributed by atoms with van der Waals surface area (Å²) >= 11 is 0. The zero-order valence-electron chi connectivity index (χ0n) is 10.9. The molecule has 18 heavy (non-hydrogen) atoms. The summed E-state index contributed by atoms with van der Waals surface area (Å²) in [6, 6.07) is 11.2. The standard InChI is InChI=1S/C16H19NO/c1-2-18-16(11-17)14-7-8-15(16)10-13-6-4-3-5-12(13)9-14/h3-6,14-15H,2,7-10H2,1H3. The normalized spacial score (nSPS) is 33.6. The van der Waals surface area contributed by atoms with E-state index in [2.05, 4.69) is 30.3 Å². The van der Waals surface area contributed by atoms with Gasteiger partial charge in [-0.3, -0.25) is 0 Å². The van der Waals surface area contributed by atoms with Crippen LogP contribution < -0.4 is 0 Å². The largest absolute Gasteiger partial charge is 0.360 e. The van der Waals surface area contributed by atoms with Crippen molar-refractivity contribution in [3.05, 3.63) is 35.4 Å². The van der Waals surface area contributed by atoms with E-state index in [4.69, 9.17) is 4.74 Å². The molecule has 1 saturated carbocycles. The second kappa shape index (κ2) is 4.40. The number of nitrogens with zero attached hydrogens (tertiary/aromatic N) is 1. The minimum Gasteiger partial charge on any atom is -0.360 e. The van der Waals surface area contributed by atoms with Gasteiger partial charge in [-0.1, -0.05) is 24.3 Å². The van der Waals surface area contributed by atoms with Crippen LogP contribution in [-0.2, 0) is 17.6 Å². The second-order valence-electron chi connectivity index (χ2n) is 5.49. The van der Waals surface area contributed by atoms with E-state index in [1.54, 1.807) is 0 Å². The maximum absolute atomic E-state index is 9.68. The maximum Gasteiger partial charge on any atom is 0.160 e. The van der Waals surface area contributed by atoms with Gasteiger partial charge in [-0.25, -0.2) is 0 Å². The Labute approximate surface area is 109 Å². The minimum absolute atomic E-state index is 0.371. The molecule has 2 unspecified atom stereocenters. The third-order valence-electron chi connectivity index (χ3n) is 4.69. The van der Waals surface area contributed by atoms with Gasteiger partial charge < -0.3 is 4.74 Å². The number of benzene rings is 1. The van der Waals surface area contributed by atoms with E-state index in [-0.39, 0.29) is 0 Å². The molecule has 0 aliphatic heterocycles. The number of hydrogen-bond donors (Lipinski definition) is 0. The van der Waals surface area contributed by atoms with Gasteiger partial charge in [0.05, 0.1) is 6.07 Å². The molecular formula is C16H19NO. The molecule has 0 saturated heterocycles. The van der Waals surface area contributed by atoms with Gasteiger partial charge in [0, 0.05) is 18.4 Å². The monoisotopic (exact) mass is 241 g/mol. The van der Waals surface area contributed by atoms with Crippen LogP contribution in [0.15, 0.2) is 24.3 Å². The zero-order valence-corrected chi connectivity index (χ0v) is 10.9. The predicted molar refractivity (Wildman–Crippen MR) is 70.0 cm³/mol. The molecule has 2 aliphatic carbocycles. The molecule has 2 bridgehead atoms. The van der Waals surface area contributed by atoms with Crippen molar-refractivity contribution in [1.82, 2.24) is 0 Å². The summed E-state index contributed by atoms with van der Waals surface area (Å²) < 4.78 is 5.96. The number of ether oxygens (including phenoxy) is 1. The number of fused-ring (bicyclic) bond motifs is 3. The fourth-order valence-electron chi connectivity index (χ4n) is 3.85. The van der Waals surface area contributed by atoms with Crippen LogP contribution in [0.1, 0.15) is 30.9 Å². The van der Waals surface area contributed by atoms with Crippen LogP contribution in [-0.4, -0.2) is 12.2 Å². The Balaban J connectivity index is 2.02. The smallest absolute Gasteiger partial charge is 0.160 e. The number of nitriles is 1. The van der Waals surface area contributed by atoms with Crippen LogP contribution in [0.2, 0.25) is 0 Å². The summed E-state index contributed by atoms with van der Waals surface area (Å²) in [6.07, 6.45) is 4.26. The molecule has 2 aliphatic rings. The van der Waals surface area contributed by atoms with E-state index < -0.39 is 5.60 Å². The molecular weight excluding hydrogens is 222 g/mol. The Hall–Kier alpha value is -1.33. The molecule has 0 N–H and O–H groups in total. The average Bonchev–Trinajstić information content (AvgIpc) is 2.63. The highest BCUT2D eigenvalue weighted by Gasteiger charge is 2.53. The quantitative estimate of drug-likeness (QED) is 0.797. The van der Waals surface area contributed by atoms with E-state index in [0.29, 0.717) is 18.4 Å². The van der Waals surface area contributed by atoms with Gasteiger partial charge >= 0.3 is 0 Å². The van der Waals surface area contributed by atoms with Crippen LogP contribution in [0, 0.1) is 23.2 Å². The van der Waals surface area contributed by atoms with Crippen LogP contribution in [0.5, 0.6) is 0 Å². The summed E-state index contributed by atoms with van der Waals surface area (Å²) in [6.45, 7) is 2.63. The molecule has 0 radical (unpaired) electrons. The molecule has 0 spiro atoms. The summed E-state index contributed by atoms with van der Waals surface area (Å²) in [5.41, 5.74) is 2.31. The minimum atomic E-state index is -0.534. The van der Waals surface area contributed by atoms with Gasteiger partial charge in [-0.2, -0.15) is 5.26 Å². The molecule has 3 rings (SSSR count). The first-order valence-electron chi connectivity index (χ1n) is 6.92. The third-order valence-corrected chi connectivity index (χ3v) is 4.69. The van der Waals surface area contributed by atoms with E-state index in [1.807, 2.05) is 6.92 Å². The van der Waals surface area contributed by atoms with Gasteiger partial charge in [0.15, 0.2) is 5.60 Å². The van der Waals surface area contributed by atoms with Crippen molar-refractivity contribution < 1.29 is 4.74 Å². The van der Waals surface area contributed by atoms with E-state index >= 15 is 0 Å². The molecule has 1 aromatic carbocycles. The van der Waals surface area contributed by atoms with Crippen molar-refractivity contribution in [2.75, 3.05) is 6.61 Å². The fourth-order valence-corrected chi connectivity index (χ4v) is 3.85. The summed E-state index contributed by atoms with van der Waals surface area (Å²) in [4.78, 5) is 0. The highest BCUT2D eigenvalue weighted by atomic mass is 16.5. The third kappa shape index (κ3) is 1.58. The highest BCUT2D eigenvalue weighted by molar-refractivity contribution is 5.33. The SMILES string of the molecule is CCOC1(C#N)C2CCC1Cc1ccccc1C2. The van der Waals surface area contributed by atoms with E-state index in [9.17, 15) is 5.26 Å². The van der Waals surface area contributed by atoms with Crippen LogP contribution in [0.4, 0.5) is 0 Å². The first-order valence-corrected chi connectivity index (χ1v) is 6.92. The van der Waals surface area contributed by atoms with Crippen LogP contribution in [0.3, 0.4) is 0 Å². The second-order valence-corrected chi connectivity index (χ2v) is 5.49. The molecule has 2 nitrogen and oxygen atoms in total. The first-order chi connectivity index (χ1) is 8.80. The molecule has 0 heterocycles. The van der Waals surface area contributed by atoms with E-state index in [1.165, 1.54) is 11.1 Å². The predicted octanol–water partition coefficient (Wildman–Crippen LogP) is 3.11. The summed E-state index contributed by atoms with van der Waals surface area (Å²) in [5.74, 6) is 0.743. The molecule has 0 aromatic heterocycles. The molecule has 0 amide bonds. The van der Waals surface area contributed by atoms with Crippen LogP contribution in [0.25, 0.3) is 0 Å². The summed E-state index contributed by atoms with van der Waals surface area (Å²) in [7, 11) is 0. The van der Waals surface area contributed by atoms with Gasteiger partial charge in [0.25, 0.3) is 0 Å². The Kier molecular flexibility index (Phi) is 2.87. The van der Waals surface area contributed by atoms with E-state index in [0.717, 1.165) is 25.7 Å². The molecule has 2 atom stereocenters. The van der Waals surface area contributed by atoms with Crippen molar-refractivity contribution in [2.45, 2.75) is 38.2 Å². The first kappa shape index (κ1) is 11.7. The Bertz CT molecular complexity index is 455. The zero-order chi connectivity index (χ0) is 12.6. The van der Waals surface area contributed by atoms with Crippen molar-refractivity contribution in [1.29, 1.82) is 5.26 Å². The van der Waals surface area contributed by atoms with Gasteiger partial charge in [-0.05, 0) is 43.7 Å².